The van der Waals surface area contributed by atoms with Gasteiger partial charge < -0.3 is 24.9 Å². The number of phenolic OH excluding ortho intramolecular Hbond substituents is 1. The van der Waals surface area contributed by atoms with Gasteiger partial charge in [-0.15, -0.1) is 0 Å². The second-order valence-electron chi connectivity index (χ2n) is 7.80. The number of aromatic hydroxyl groups is 1. The van der Waals surface area contributed by atoms with Gasteiger partial charge in [-0.3, -0.25) is 4.79 Å². The van der Waals surface area contributed by atoms with Crippen LogP contribution in [0.3, 0.4) is 0 Å². The number of nitrogens with one attached hydrogen (secondary N) is 2. The number of anilines is 1. The summed E-state index contributed by atoms with van der Waals surface area (Å²) in [5, 5.41) is 13.4. The zero-order chi connectivity index (χ0) is 24.4. The monoisotopic (exact) mass is 466 g/mol. The molecule has 8 nitrogen and oxygen atoms in total. The smallest absolute Gasteiger partial charge is 0.255 e. The number of ether oxygens (including phenoxy) is 2. The number of nitrogens with zero attached hydrogens (tertiary/aromatic N) is 2. The summed E-state index contributed by atoms with van der Waals surface area (Å²) in [6.07, 6.45) is 1.66. The number of phenols is 1. The number of benzene rings is 3. The Bertz CT molecular complexity index is 1540. The van der Waals surface area contributed by atoms with Crippen molar-refractivity contribution in [2.24, 2.45) is 0 Å². The Hall–Kier alpha value is -4.85. The third-order valence-corrected chi connectivity index (χ3v) is 5.60. The summed E-state index contributed by atoms with van der Waals surface area (Å²) in [5.41, 5.74) is 4.57. The standard InChI is InChI=1S/C27H22N4O4/c1-34-19-6-3-5-18(15-19)29-26(33)17-8-10-22-23(14-17)31-25(30-22)21-13-16(9-11-24(21)32)20-7-4-12-28-27(20)35-2/h3-15,32H,1-2H3,(H,29,33)(H,30,31). The molecule has 0 aliphatic rings. The van der Waals surface area contributed by atoms with E-state index in [0.29, 0.717) is 45.3 Å². The zero-order valence-corrected chi connectivity index (χ0v) is 19.1. The summed E-state index contributed by atoms with van der Waals surface area (Å²) in [4.78, 5) is 24.9. The van der Waals surface area contributed by atoms with Gasteiger partial charge in [-0.2, -0.15) is 0 Å². The highest BCUT2D eigenvalue weighted by Gasteiger charge is 2.15. The largest absolute Gasteiger partial charge is 0.507 e. The molecule has 0 saturated heterocycles. The van der Waals surface area contributed by atoms with E-state index in [1.807, 2.05) is 24.3 Å². The Kier molecular flexibility index (Phi) is 5.76. The number of H-pyrrole nitrogens is 1. The van der Waals surface area contributed by atoms with Crippen LogP contribution in [0.15, 0.2) is 79.0 Å². The minimum absolute atomic E-state index is 0.0756. The van der Waals surface area contributed by atoms with Crippen LogP contribution in [-0.2, 0) is 0 Å². The predicted molar refractivity (Wildman–Crippen MR) is 134 cm³/mol. The number of imidazole rings is 1. The number of hydrogen-bond donors (Lipinski definition) is 3. The number of amides is 1. The fraction of sp³-hybridized carbons (Fsp3) is 0.0741. The summed E-state index contributed by atoms with van der Waals surface area (Å²) < 4.78 is 10.6. The van der Waals surface area contributed by atoms with Crippen molar-refractivity contribution in [3.05, 3.63) is 84.6 Å². The van der Waals surface area contributed by atoms with Crippen molar-refractivity contribution in [1.29, 1.82) is 0 Å². The van der Waals surface area contributed by atoms with E-state index in [0.717, 1.165) is 11.1 Å². The van der Waals surface area contributed by atoms with Gasteiger partial charge in [0.15, 0.2) is 0 Å². The highest BCUT2D eigenvalue weighted by atomic mass is 16.5. The molecule has 2 aromatic heterocycles. The summed E-state index contributed by atoms with van der Waals surface area (Å²) >= 11 is 0. The molecule has 0 bridgehead atoms. The third-order valence-electron chi connectivity index (χ3n) is 5.60. The Morgan fingerprint density at radius 3 is 2.66 bits per heavy atom. The molecule has 8 heteroatoms. The average molecular weight is 466 g/mol. The molecule has 174 valence electrons. The molecule has 1 amide bonds. The second-order valence-corrected chi connectivity index (χ2v) is 7.80. The maximum Gasteiger partial charge on any atom is 0.255 e. The molecule has 5 rings (SSSR count). The van der Waals surface area contributed by atoms with E-state index in [1.54, 1.807) is 68.9 Å². The molecule has 0 spiro atoms. The molecule has 0 atom stereocenters. The Balaban J connectivity index is 1.47. The minimum Gasteiger partial charge on any atom is -0.507 e. The average Bonchev–Trinajstić information content (AvgIpc) is 3.32. The molecule has 0 aliphatic heterocycles. The summed E-state index contributed by atoms with van der Waals surface area (Å²) in [7, 11) is 3.14. The van der Waals surface area contributed by atoms with Crippen LogP contribution < -0.4 is 14.8 Å². The maximum absolute atomic E-state index is 12.8. The van der Waals surface area contributed by atoms with Crippen LogP contribution in [0, 0.1) is 0 Å². The topological polar surface area (TPSA) is 109 Å². The van der Waals surface area contributed by atoms with Crippen LogP contribution in [0.1, 0.15) is 10.4 Å². The predicted octanol–water partition coefficient (Wildman–Crippen LogP) is 5.27. The Morgan fingerprint density at radius 1 is 0.943 bits per heavy atom. The Morgan fingerprint density at radius 2 is 1.83 bits per heavy atom. The van der Waals surface area contributed by atoms with Crippen LogP contribution in [0.2, 0.25) is 0 Å². The minimum atomic E-state index is -0.259. The van der Waals surface area contributed by atoms with E-state index in [9.17, 15) is 9.90 Å². The number of pyridine rings is 1. The quantitative estimate of drug-likeness (QED) is 0.315. The fourth-order valence-corrected chi connectivity index (χ4v) is 3.85. The van der Waals surface area contributed by atoms with Crippen LogP contribution in [0.25, 0.3) is 33.5 Å². The number of carbonyl (C=O) groups is 1. The van der Waals surface area contributed by atoms with Gasteiger partial charge in [0.05, 0.1) is 30.8 Å². The lowest BCUT2D eigenvalue weighted by atomic mass is 10.0. The van der Waals surface area contributed by atoms with E-state index >= 15 is 0 Å². The maximum atomic E-state index is 12.8. The molecule has 0 radical (unpaired) electrons. The van der Waals surface area contributed by atoms with Gasteiger partial charge in [0.25, 0.3) is 5.91 Å². The van der Waals surface area contributed by atoms with Gasteiger partial charge in [-0.25, -0.2) is 9.97 Å². The molecule has 0 unspecified atom stereocenters. The molecule has 0 saturated carbocycles. The lowest BCUT2D eigenvalue weighted by Crippen LogP contribution is -2.11. The first-order valence-corrected chi connectivity index (χ1v) is 10.8. The van der Waals surface area contributed by atoms with Crippen molar-refractivity contribution in [3.63, 3.8) is 0 Å². The first kappa shape index (κ1) is 22.0. The van der Waals surface area contributed by atoms with Gasteiger partial charge in [0, 0.05) is 29.1 Å². The molecule has 0 fully saturated rings. The van der Waals surface area contributed by atoms with E-state index < -0.39 is 0 Å². The molecule has 5 aromatic rings. The van der Waals surface area contributed by atoms with Gasteiger partial charge in [0.2, 0.25) is 5.88 Å². The molecule has 3 N–H and O–H groups in total. The van der Waals surface area contributed by atoms with Crippen LogP contribution in [0.5, 0.6) is 17.4 Å². The fourth-order valence-electron chi connectivity index (χ4n) is 3.85. The third kappa shape index (κ3) is 4.37. The van der Waals surface area contributed by atoms with Gasteiger partial charge in [-0.05, 0) is 60.2 Å². The molecule has 2 heterocycles. The van der Waals surface area contributed by atoms with Gasteiger partial charge >= 0.3 is 0 Å². The van der Waals surface area contributed by atoms with Crippen LogP contribution in [-0.4, -0.2) is 40.2 Å². The molecule has 35 heavy (non-hydrogen) atoms. The first-order chi connectivity index (χ1) is 17.1. The lowest BCUT2D eigenvalue weighted by Gasteiger charge is -2.09. The number of fused-ring (bicyclic) bond motifs is 1. The SMILES string of the molecule is COc1cccc(NC(=O)c2ccc3nc(-c4cc(-c5cccnc5OC)ccc4O)[nH]c3c2)c1. The van der Waals surface area contributed by atoms with Gasteiger partial charge in [0.1, 0.15) is 17.3 Å². The van der Waals surface area contributed by atoms with E-state index in [-0.39, 0.29) is 11.7 Å². The summed E-state index contributed by atoms with van der Waals surface area (Å²) in [5.74, 6) is 1.44. The molecule has 0 aliphatic carbocycles. The van der Waals surface area contributed by atoms with Crippen molar-refractivity contribution >= 4 is 22.6 Å². The number of aromatic nitrogens is 3. The van der Waals surface area contributed by atoms with Crippen molar-refractivity contribution < 1.29 is 19.4 Å². The molecular formula is C27H22N4O4. The second kappa shape index (κ2) is 9.18. The van der Waals surface area contributed by atoms with E-state index in [4.69, 9.17) is 9.47 Å². The number of methoxy groups -OCH3 is 2. The van der Waals surface area contributed by atoms with Gasteiger partial charge in [-0.1, -0.05) is 12.1 Å². The molecular weight excluding hydrogens is 444 g/mol. The van der Waals surface area contributed by atoms with Crippen molar-refractivity contribution in [1.82, 2.24) is 15.0 Å². The molecule has 3 aromatic carbocycles. The number of carbonyl (C=O) groups excluding carboxylic acids is 1. The first-order valence-electron chi connectivity index (χ1n) is 10.8. The highest BCUT2D eigenvalue weighted by Crippen LogP contribution is 2.35. The van der Waals surface area contributed by atoms with Crippen molar-refractivity contribution in [2.45, 2.75) is 0 Å². The number of aromatic amines is 1. The zero-order valence-electron chi connectivity index (χ0n) is 19.1. The van der Waals surface area contributed by atoms with Crippen LogP contribution in [0.4, 0.5) is 5.69 Å². The van der Waals surface area contributed by atoms with Crippen molar-refractivity contribution in [3.8, 4) is 39.9 Å². The summed E-state index contributed by atoms with van der Waals surface area (Å²) in [6, 6.07) is 21.3. The Labute approximate surface area is 201 Å². The lowest BCUT2D eigenvalue weighted by molar-refractivity contribution is 0.102. The summed E-state index contributed by atoms with van der Waals surface area (Å²) in [6.45, 7) is 0. The normalized spacial score (nSPS) is 10.8. The number of rotatable bonds is 6. The van der Waals surface area contributed by atoms with E-state index in [2.05, 4.69) is 20.3 Å². The highest BCUT2D eigenvalue weighted by molar-refractivity contribution is 6.06. The van der Waals surface area contributed by atoms with Crippen molar-refractivity contribution in [2.75, 3.05) is 19.5 Å². The van der Waals surface area contributed by atoms with E-state index in [1.165, 1.54) is 0 Å². The number of hydrogen-bond acceptors (Lipinski definition) is 6. The van der Waals surface area contributed by atoms with Crippen LogP contribution >= 0.6 is 0 Å².